The molecule has 0 spiro atoms. The smallest absolute Gasteiger partial charge is 0.232 e. The number of nitrogens with one attached hydrogen (secondary N) is 1. The molecule has 5 nitrogen and oxygen atoms in total. The highest BCUT2D eigenvalue weighted by molar-refractivity contribution is 7.98. The highest BCUT2D eigenvalue weighted by Crippen LogP contribution is 2.26. The van der Waals surface area contributed by atoms with Gasteiger partial charge in [-0.15, -0.1) is 0 Å². The van der Waals surface area contributed by atoms with Gasteiger partial charge in [-0.2, -0.15) is 11.8 Å². The number of hydrogen-bond donors (Lipinski definition) is 1. The van der Waals surface area contributed by atoms with E-state index in [0.717, 1.165) is 28.2 Å². The van der Waals surface area contributed by atoms with Crippen molar-refractivity contribution in [3.63, 3.8) is 0 Å². The van der Waals surface area contributed by atoms with Gasteiger partial charge in [0.25, 0.3) is 0 Å². The molecule has 0 aromatic heterocycles. The first-order chi connectivity index (χ1) is 14.6. The van der Waals surface area contributed by atoms with Crippen molar-refractivity contribution in [3.8, 4) is 0 Å². The lowest BCUT2D eigenvalue weighted by Gasteiger charge is -2.24. The number of thioether (sulfide) groups is 1. The van der Waals surface area contributed by atoms with Gasteiger partial charge in [-0.1, -0.05) is 41.4 Å². The highest BCUT2D eigenvalue weighted by Gasteiger charge is 2.19. The van der Waals surface area contributed by atoms with Crippen LogP contribution in [0.25, 0.3) is 0 Å². The summed E-state index contributed by atoms with van der Waals surface area (Å²) in [5, 5.41) is 4.13. The van der Waals surface area contributed by atoms with Crippen LogP contribution in [0, 0.1) is 13.8 Å². The first kappa shape index (κ1) is 25.8. The van der Waals surface area contributed by atoms with Crippen molar-refractivity contribution in [1.29, 1.82) is 0 Å². The molecule has 0 radical (unpaired) electrons. The maximum Gasteiger partial charge on any atom is 0.232 e. The van der Waals surface area contributed by atoms with Gasteiger partial charge >= 0.3 is 0 Å². The Hall–Kier alpha value is -1.41. The van der Waals surface area contributed by atoms with Crippen LogP contribution in [0.15, 0.2) is 36.4 Å². The second-order valence-corrected chi connectivity index (χ2v) is 11.2. The number of nitrogens with zero attached hydrogens (tertiary/aromatic N) is 1. The minimum Gasteiger partial charge on any atom is -0.355 e. The Morgan fingerprint density at radius 3 is 2.58 bits per heavy atom. The molecule has 0 heterocycles. The Morgan fingerprint density at radius 2 is 1.90 bits per heavy atom. The lowest BCUT2D eigenvalue weighted by atomic mass is 10.1. The zero-order valence-electron chi connectivity index (χ0n) is 18.0. The summed E-state index contributed by atoms with van der Waals surface area (Å²) in [6, 6.07) is 11.0. The molecule has 0 atom stereocenters. The fourth-order valence-corrected chi connectivity index (χ4v) is 5.46. The van der Waals surface area contributed by atoms with Gasteiger partial charge in [0.2, 0.25) is 15.9 Å². The summed E-state index contributed by atoms with van der Waals surface area (Å²) in [7, 11) is -3.43. The van der Waals surface area contributed by atoms with E-state index in [1.165, 1.54) is 10.6 Å². The van der Waals surface area contributed by atoms with E-state index in [1.54, 1.807) is 23.9 Å². The quantitative estimate of drug-likeness (QED) is 0.428. The predicted molar refractivity (Wildman–Crippen MR) is 133 cm³/mol. The molecule has 0 aliphatic rings. The third kappa shape index (κ3) is 8.22. The molecule has 170 valence electrons. The summed E-state index contributed by atoms with van der Waals surface area (Å²) in [5.41, 5.74) is 3.63. The van der Waals surface area contributed by atoms with E-state index >= 15 is 0 Å². The number of anilines is 1. The maximum absolute atomic E-state index is 12.3. The average molecular weight is 504 g/mol. The number of carbonyl (C=O) groups is 1. The van der Waals surface area contributed by atoms with Crippen molar-refractivity contribution >= 4 is 56.6 Å². The molecule has 9 heteroatoms. The van der Waals surface area contributed by atoms with Crippen LogP contribution >= 0.6 is 35.0 Å². The number of hydrogen-bond acceptors (Lipinski definition) is 4. The van der Waals surface area contributed by atoms with E-state index in [2.05, 4.69) is 5.32 Å². The SMILES string of the molecule is Cc1cccc(N(CCCC(=O)NCCSCc2ccc(Cl)cc2Cl)S(C)(=O)=O)c1C. The third-order valence-electron chi connectivity index (χ3n) is 4.85. The molecule has 0 aliphatic carbocycles. The molecule has 2 rings (SSSR count). The van der Waals surface area contributed by atoms with Crippen molar-refractivity contribution < 1.29 is 13.2 Å². The molecule has 0 unspecified atom stereocenters. The van der Waals surface area contributed by atoms with E-state index in [9.17, 15) is 13.2 Å². The second-order valence-electron chi connectivity index (χ2n) is 7.30. The minimum absolute atomic E-state index is 0.0838. The number of rotatable bonds is 11. The predicted octanol–water partition coefficient (Wildman–Crippen LogP) is 5.21. The summed E-state index contributed by atoms with van der Waals surface area (Å²) >= 11 is 13.7. The van der Waals surface area contributed by atoms with Crippen molar-refractivity contribution in [1.82, 2.24) is 5.32 Å². The molecule has 0 fully saturated rings. The summed E-state index contributed by atoms with van der Waals surface area (Å²) in [4.78, 5) is 12.1. The third-order valence-corrected chi connectivity index (χ3v) is 7.63. The summed E-state index contributed by atoms with van der Waals surface area (Å²) in [5.74, 6) is 1.41. The first-order valence-corrected chi connectivity index (χ1v) is 13.7. The van der Waals surface area contributed by atoms with E-state index in [-0.39, 0.29) is 18.9 Å². The normalized spacial score (nSPS) is 11.4. The fourth-order valence-electron chi connectivity index (χ4n) is 3.03. The number of sulfonamides is 1. The number of aryl methyl sites for hydroxylation is 1. The molecule has 0 aliphatic heterocycles. The van der Waals surface area contributed by atoms with Gasteiger partial charge in [0, 0.05) is 41.1 Å². The highest BCUT2D eigenvalue weighted by atomic mass is 35.5. The van der Waals surface area contributed by atoms with Crippen LogP contribution in [-0.2, 0) is 20.6 Å². The zero-order valence-corrected chi connectivity index (χ0v) is 21.1. The van der Waals surface area contributed by atoms with Gasteiger partial charge in [0.05, 0.1) is 11.9 Å². The number of halogens is 2. The molecule has 0 saturated heterocycles. The van der Waals surface area contributed by atoms with E-state index in [1.807, 2.05) is 38.1 Å². The maximum atomic E-state index is 12.3. The average Bonchev–Trinajstić information content (AvgIpc) is 2.68. The summed E-state index contributed by atoms with van der Waals surface area (Å²) in [6.07, 6.45) is 1.91. The van der Waals surface area contributed by atoms with Gasteiger partial charge in [0.1, 0.15) is 0 Å². The van der Waals surface area contributed by atoms with Crippen molar-refractivity contribution in [2.24, 2.45) is 0 Å². The second kappa shape index (κ2) is 12.0. The monoisotopic (exact) mass is 502 g/mol. The number of carbonyl (C=O) groups excluding carboxylic acids is 1. The minimum atomic E-state index is -3.43. The largest absolute Gasteiger partial charge is 0.355 e. The molecule has 31 heavy (non-hydrogen) atoms. The Bertz CT molecular complexity index is 1010. The summed E-state index contributed by atoms with van der Waals surface area (Å²) < 4.78 is 25.9. The van der Waals surface area contributed by atoms with Gasteiger partial charge in [-0.3, -0.25) is 9.10 Å². The van der Waals surface area contributed by atoms with Gasteiger partial charge in [0.15, 0.2) is 0 Å². The van der Waals surface area contributed by atoms with E-state index in [0.29, 0.717) is 28.7 Å². The lowest BCUT2D eigenvalue weighted by Crippen LogP contribution is -2.33. The van der Waals surface area contributed by atoms with Crippen LogP contribution in [-0.4, -0.2) is 39.4 Å². The topological polar surface area (TPSA) is 66.5 Å². The van der Waals surface area contributed by atoms with Crippen LogP contribution in [0.5, 0.6) is 0 Å². The Balaban J connectivity index is 1.75. The Morgan fingerprint density at radius 1 is 1.16 bits per heavy atom. The molecule has 0 bridgehead atoms. The molecule has 2 aromatic carbocycles. The van der Waals surface area contributed by atoms with Crippen LogP contribution in [0.3, 0.4) is 0 Å². The van der Waals surface area contributed by atoms with Crippen molar-refractivity contribution in [3.05, 3.63) is 63.1 Å². The number of benzene rings is 2. The standard InChI is InChI=1S/C22H28Cl2N2O3S2/c1-16-6-4-7-21(17(16)2)26(31(3,28)29)12-5-8-22(27)25-11-13-30-15-18-9-10-19(23)14-20(18)24/h4,6-7,9-10,14H,5,8,11-13,15H2,1-3H3,(H,25,27). The lowest BCUT2D eigenvalue weighted by molar-refractivity contribution is -0.121. The zero-order chi connectivity index (χ0) is 23.0. The Labute approximate surface area is 199 Å². The summed E-state index contributed by atoms with van der Waals surface area (Å²) in [6.45, 7) is 4.66. The molecular weight excluding hydrogens is 475 g/mol. The van der Waals surface area contributed by atoms with Crippen molar-refractivity contribution in [2.45, 2.75) is 32.4 Å². The van der Waals surface area contributed by atoms with Crippen molar-refractivity contribution in [2.75, 3.05) is 29.4 Å². The van der Waals surface area contributed by atoms with Gasteiger partial charge in [-0.25, -0.2) is 8.42 Å². The van der Waals surface area contributed by atoms with Crippen LogP contribution in [0.2, 0.25) is 10.0 Å². The van der Waals surface area contributed by atoms with Crippen LogP contribution in [0.1, 0.15) is 29.5 Å². The van der Waals surface area contributed by atoms with E-state index < -0.39 is 10.0 Å². The van der Waals surface area contributed by atoms with E-state index in [4.69, 9.17) is 23.2 Å². The van der Waals surface area contributed by atoms with Crippen LogP contribution < -0.4 is 9.62 Å². The molecule has 1 amide bonds. The molecule has 0 saturated carbocycles. The first-order valence-electron chi connectivity index (χ1n) is 9.92. The molecule has 1 N–H and O–H groups in total. The van der Waals surface area contributed by atoms with Gasteiger partial charge in [-0.05, 0) is 55.2 Å². The fraction of sp³-hybridized carbons (Fsp3) is 0.409. The van der Waals surface area contributed by atoms with Gasteiger partial charge < -0.3 is 5.32 Å². The number of amides is 1. The Kier molecular flexibility index (Phi) is 10.0. The molecule has 2 aromatic rings. The van der Waals surface area contributed by atoms with Crippen LogP contribution in [0.4, 0.5) is 5.69 Å². The molecular formula is C22H28Cl2N2O3S2.